The van der Waals surface area contributed by atoms with E-state index < -0.39 is 0 Å². The number of hydrogen-bond acceptors (Lipinski definition) is 8. The summed E-state index contributed by atoms with van der Waals surface area (Å²) in [5.74, 6) is 1.44. The summed E-state index contributed by atoms with van der Waals surface area (Å²) < 4.78 is 16.8. The van der Waals surface area contributed by atoms with Crippen LogP contribution < -0.4 is 9.47 Å². The van der Waals surface area contributed by atoms with Gasteiger partial charge in [-0.15, -0.1) is 0 Å². The summed E-state index contributed by atoms with van der Waals surface area (Å²) in [5, 5.41) is 9.21. The maximum absolute atomic E-state index is 9.21. The molecule has 0 bridgehead atoms. The molecule has 0 spiro atoms. The maximum Gasteiger partial charge on any atom is 0.226 e. The Morgan fingerprint density at radius 2 is 1.63 bits per heavy atom. The molecule has 0 saturated heterocycles. The van der Waals surface area contributed by atoms with Crippen LogP contribution in [0.15, 0.2) is 67.2 Å². The lowest BCUT2D eigenvalue weighted by atomic mass is 10.1. The van der Waals surface area contributed by atoms with Gasteiger partial charge in [0.2, 0.25) is 11.8 Å². The molecular formula is C22H19N3O5. The van der Waals surface area contributed by atoms with Gasteiger partial charge in [-0.1, -0.05) is 30.3 Å². The lowest BCUT2D eigenvalue weighted by Crippen LogP contribution is -2.00. The molecular weight excluding hydrogens is 386 g/mol. The third kappa shape index (κ3) is 5.32. The predicted octanol–water partition coefficient (Wildman–Crippen LogP) is 4.50. The minimum absolute atomic E-state index is 0.161. The number of para-hydroxylation sites is 2. The van der Waals surface area contributed by atoms with E-state index in [-0.39, 0.29) is 18.4 Å². The number of methoxy groups -OCH3 is 1. The molecule has 30 heavy (non-hydrogen) atoms. The van der Waals surface area contributed by atoms with E-state index in [9.17, 15) is 5.26 Å². The molecule has 0 saturated carbocycles. The van der Waals surface area contributed by atoms with Crippen LogP contribution in [0, 0.1) is 11.3 Å². The summed E-state index contributed by atoms with van der Waals surface area (Å²) in [6.07, 6.45) is 2.87. The summed E-state index contributed by atoms with van der Waals surface area (Å²) >= 11 is 0. The normalized spacial score (nSPS) is 10.9. The van der Waals surface area contributed by atoms with E-state index in [1.807, 2.05) is 18.2 Å². The third-order valence-electron chi connectivity index (χ3n) is 3.88. The molecule has 0 amide bonds. The number of aromatic nitrogens is 2. The average molecular weight is 405 g/mol. The third-order valence-corrected chi connectivity index (χ3v) is 3.88. The number of benzene rings is 2. The van der Waals surface area contributed by atoms with Crippen molar-refractivity contribution >= 4 is 5.57 Å². The summed E-state index contributed by atoms with van der Waals surface area (Å²) in [6.45, 7) is 0.161. The van der Waals surface area contributed by atoms with Crippen LogP contribution in [-0.2, 0) is 14.5 Å². The van der Waals surface area contributed by atoms with Gasteiger partial charge >= 0.3 is 0 Å². The first-order valence-corrected chi connectivity index (χ1v) is 8.89. The SMILES string of the molecule is CO/C=C(\COOC)c1ccccc1Oc1cc(Oc2ccccc2C#N)ncn1. The van der Waals surface area contributed by atoms with Crippen molar-refractivity contribution in [3.05, 3.63) is 78.3 Å². The van der Waals surface area contributed by atoms with Crippen molar-refractivity contribution < 1.29 is 24.0 Å². The van der Waals surface area contributed by atoms with E-state index in [0.29, 0.717) is 22.6 Å². The van der Waals surface area contributed by atoms with Crippen LogP contribution in [0.3, 0.4) is 0 Å². The van der Waals surface area contributed by atoms with Gasteiger partial charge in [0.25, 0.3) is 0 Å². The Bertz CT molecular complexity index is 1060. The summed E-state index contributed by atoms with van der Waals surface area (Å²) in [7, 11) is 2.98. The molecule has 0 aliphatic carbocycles. The van der Waals surface area contributed by atoms with E-state index >= 15 is 0 Å². The van der Waals surface area contributed by atoms with Gasteiger partial charge in [0.1, 0.15) is 30.5 Å². The van der Waals surface area contributed by atoms with Gasteiger partial charge in [0, 0.05) is 11.1 Å². The smallest absolute Gasteiger partial charge is 0.226 e. The van der Waals surface area contributed by atoms with E-state index in [4.69, 9.17) is 24.0 Å². The molecule has 8 nitrogen and oxygen atoms in total. The van der Waals surface area contributed by atoms with Crippen molar-refractivity contribution in [1.82, 2.24) is 9.97 Å². The number of nitrogens with zero attached hydrogens (tertiary/aromatic N) is 3. The number of hydrogen-bond donors (Lipinski definition) is 0. The molecule has 1 aromatic heterocycles. The van der Waals surface area contributed by atoms with Crippen molar-refractivity contribution in [3.63, 3.8) is 0 Å². The Balaban J connectivity index is 1.85. The standard InChI is InChI=1S/C22H19N3O5/c1-26-13-17(14-28-27-2)18-8-4-6-10-20(18)30-22-11-21(24-15-25-22)29-19-9-5-3-7-16(19)12-23/h3-11,13,15H,14H2,1-2H3/b17-13+. The molecule has 0 N–H and O–H groups in total. The molecule has 0 fully saturated rings. The highest BCUT2D eigenvalue weighted by Gasteiger charge is 2.13. The molecule has 1 heterocycles. The zero-order chi connectivity index (χ0) is 21.2. The first kappa shape index (κ1) is 20.8. The monoisotopic (exact) mass is 405 g/mol. The number of rotatable bonds is 9. The molecule has 3 aromatic rings. The van der Waals surface area contributed by atoms with E-state index in [2.05, 4.69) is 16.0 Å². The van der Waals surface area contributed by atoms with Gasteiger partial charge in [-0.2, -0.15) is 5.26 Å². The molecule has 0 aliphatic rings. The maximum atomic E-state index is 9.21. The van der Waals surface area contributed by atoms with Crippen LogP contribution in [0.5, 0.6) is 23.3 Å². The molecule has 2 aromatic carbocycles. The van der Waals surface area contributed by atoms with E-state index in [0.717, 1.165) is 5.56 Å². The molecule has 3 rings (SSSR count). The molecule has 0 radical (unpaired) electrons. The topological polar surface area (TPSA) is 95.7 Å². The van der Waals surface area contributed by atoms with Gasteiger partial charge in [-0.25, -0.2) is 19.7 Å². The Labute approximate surface area is 173 Å². The largest absolute Gasteiger partial charge is 0.504 e. The first-order chi connectivity index (χ1) is 14.7. The van der Waals surface area contributed by atoms with Crippen molar-refractivity contribution in [3.8, 4) is 29.3 Å². The van der Waals surface area contributed by atoms with Gasteiger partial charge in [0.05, 0.1) is 32.1 Å². The minimum atomic E-state index is 0.161. The predicted molar refractivity (Wildman–Crippen MR) is 108 cm³/mol. The van der Waals surface area contributed by atoms with Crippen LogP contribution in [0.2, 0.25) is 0 Å². The van der Waals surface area contributed by atoms with Gasteiger partial charge in [-0.3, -0.25) is 0 Å². The van der Waals surface area contributed by atoms with Gasteiger partial charge < -0.3 is 14.2 Å². The molecule has 8 heteroatoms. The summed E-state index contributed by atoms with van der Waals surface area (Å²) in [6, 6.07) is 17.9. The van der Waals surface area contributed by atoms with Crippen molar-refractivity contribution in [1.29, 1.82) is 5.26 Å². The van der Waals surface area contributed by atoms with E-state index in [1.165, 1.54) is 19.5 Å². The van der Waals surface area contributed by atoms with Crippen LogP contribution >= 0.6 is 0 Å². The zero-order valence-corrected chi connectivity index (χ0v) is 16.4. The first-order valence-electron chi connectivity index (χ1n) is 8.89. The second-order valence-corrected chi connectivity index (χ2v) is 5.81. The van der Waals surface area contributed by atoms with Crippen LogP contribution in [-0.4, -0.2) is 30.8 Å². The highest BCUT2D eigenvalue weighted by atomic mass is 17.2. The van der Waals surface area contributed by atoms with Crippen LogP contribution in [0.25, 0.3) is 5.57 Å². The fraction of sp³-hybridized carbons (Fsp3) is 0.136. The lowest BCUT2D eigenvalue weighted by Gasteiger charge is -2.13. The molecule has 0 atom stereocenters. The molecule has 0 aliphatic heterocycles. The average Bonchev–Trinajstić information content (AvgIpc) is 2.78. The molecule has 152 valence electrons. The Hall–Kier alpha value is -3.93. The van der Waals surface area contributed by atoms with E-state index in [1.54, 1.807) is 43.7 Å². The van der Waals surface area contributed by atoms with Gasteiger partial charge in [-0.05, 0) is 18.2 Å². The van der Waals surface area contributed by atoms with Crippen LogP contribution in [0.4, 0.5) is 0 Å². The Morgan fingerprint density at radius 3 is 2.33 bits per heavy atom. The summed E-state index contributed by atoms with van der Waals surface area (Å²) in [5.41, 5.74) is 1.85. The minimum Gasteiger partial charge on any atom is -0.504 e. The number of ether oxygens (including phenoxy) is 3. The quantitative estimate of drug-likeness (QED) is 0.292. The van der Waals surface area contributed by atoms with Crippen molar-refractivity contribution in [2.24, 2.45) is 0 Å². The van der Waals surface area contributed by atoms with Crippen LogP contribution in [0.1, 0.15) is 11.1 Å². The van der Waals surface area contributed by atoms with Crippen molar-refractivity contribution in [2.45, 2.75) is 0 Å². The second kappa shape index (κ2) is 10.6. The highest BCUT2D eigenvalue weighted by molar-refractivity contribution is 5.70. The lowest BCUT2D eigenvalue weighted by molar-refractivity contribution is -0.261. The zero-order valence-electron chi connectivity index (χ0n) is 16.4. The fourth-order valence-electron chi connectivity index (χ4n) is 2.57. The molecule has 0 unspecified atom stereocenters. The fourth-order valence-corrected chi connectivity index (χ4v) is 2.57. The summed E-state index contributed by atoms with van der Waals surface area (Å²) in [4.78, 5) is 18.0. The number of nitriles is 1. The Morgan fingerprint density at radius 1 is 0.967 bits per heavy atom. The van der Waals surface area contributed by atoms with Crippen molar-refractivity contribution in [2.75, 3.05) is 20.8 Å². The second-order valence-electron chi connectivity index (χ2n) is 5.81. The highest BCUT2D eigenvalue weighted by Crippen LogP contribution is 2.31. The van der Waals surface area contributed by atoms with Gasteiger partial charge in [0.15, 0.2) is 0 Å². The Kier molecular flexibility index (Phi) is 7.33.